The summed E-state index contributed by atoms with van der Waals surface area (Å²) in [6.07, 6.45) is -11.4. The Labute approximate surface area is 239 Å². The first-order chi connectivity index (χ1) is 18.4. The maximum Gasteiger partial charge on any atom is 0.435 e. The van der Waals surface area contributed by atoms with Crippen LogP contribution in [0.5, 0.6) is 0 Å². The Kier molecular flexibility index (Phi) is 6.86. The highest BCUT2D eigenvalue weighted by atomic mass is 127. The first kappa shape index (κ1) is 29.5. The van der Waals surface area contributed by atoms with E-state index in [0.717, 1.165) is 16.1 Å². The molecular formula is C26H24F7IN2O3S. The molecule has 2 fully saturated rings. The van der Waals surface area contributed by atoms with Crippen molar-refractivity contribution in [1.29, 1.82) is 0 Å². The quantitative estimate of drug-likeness (QED) is 0.329. The Morgan fingerprint density at radius 1 is 0.950 bits per heavy atom. The van der Waals surface area contributed by atoms with Crippen molar-refractivity contribution < 1.29 is 43.9 Å². The Hall–Kier alpha value is -1.94. The number of alkyl halides is 7. The third-order valence-corrected chi connectivity index (χ3v) is 11.9. The fourth-order valence-corrected chi connectivity index (χ4v) is 9.08. The summed E-state index contributed by atoms with van der Waals surface area (Å²) in [5.41, 5.74) is -2.38. The molecular weight excluding hydrogens is 680 g/mol. The van der Waals surface area contributed by atoms with Gasteiger partial charge in [-0.1, -0.05) is 18.2 Å². The number of benzene rings is 2. The molecule has 2 atom stereocenters. The van der Waals surface area contributed by atoms with Gasteiger partial charge in [0.05, 0.1) is 16.5 Å². The number of hydrogen-bond acceptors (Lipinski definition) is 4. The fourth-order valence-electron chi connectivity index (χ4n) is 6.35. The Balaban J connectivity index is 1.70. The van der Waals surface area contributed by atoms with Crippen LogP contribution < -0.4 is 5.73 Å². The number of carbonyl (C=O) groups excluding carboxylic acids is 1. The first-order valence-corrected chi connectivity index (χ1v) is 15.0. The number of halogens is 8. The third-order valence-electron chi connectivity index (χ3n) is 8.60. The summed E-state index contributed by atoms with van der Waals surface area (Å²) >= 11 is 1.98. The zero-order valence-electron chi connectivity index (χ0n) is 20.7. The second kappa shape index (κ2) is 9.28. The summed E-state index contributed by atoms with van der Waals surface area (Å²) in [6, 6.07) is 6.55. The van der Waals surface area contributed by atoms with Crippen molar-refractivity contribution in [3.63, 3.8) is 0 Å². The number of nitrogens with zero attached hydrogens (tertiary/aromatic N) is 1. The van der Waals surface area contributed by atoms with Gasteiger partial charge in [-0.15, -0.1) is 0 Å². The molecule has 5 rings (SSSR count). The molecule has 3 aliphatic rings. The predicted molar refractivity (Wildman–Crippen MR) is 139 cm³/mol. The van der Waals surface area contributed by atoms with Gasteiger partial charge in [0, 0.05) is 15.7 Å². The van der Waals surface area contributed by atoms with Gasteiger partial charge >= 0.3 is 18.0 Å². The highest BCUT2D eigenvalue weighted by Gasteiger charge is 2.74. The zero-order valence-corrected chi connectivity index (χ0v) is 23.7. The second-order valence-electron chi connectivity index (χ2n) is 10.7. The van der Waals surface area contributed by atoms with Crippen LogP contribution in [0.2, 0.25) is 0 Å². The van der Waals surface area contributed by atoms with Crippen LogP contribution >= 0.6 is 22.6 Å². The number of carbonyl (C=O) groups is 1. The Morgan fingerprint density at radius 3 is 2.08 bits per heavy atom. The highest BCUT2D eigenvalue weighted by Crippen LogP contribution is 2.57. The van der Waals surface area contributed by atoms with Crippen molar-refractivity contribution in [2.24, 2.45) is 5.73 Å². The van der Waals surface area contributed by atoms with E-state index < -0.39 is 55.7 Å². The van der Waals surface area contributed by atoms with Gasteiger partial charge in [-0.05, 0) is 96.5 Å². The molecule has 1 amide bonds. The third kappa shape index (κ3) is 4.02. The number of sulfone groups is 1. The number of fused-ring (bicyclic) bond motifs is 3. The molecule has 0 spiro atoms. The van der Waals surface area contributed by atoms with Crippen molar-refractivity contribution in [3.05, 3.63) is 62.7 Å². The van der Waals surface area contributed by atoms with E-state index in [0.29, 0.717) is 25.0 Å². The molecule has 218 valence electrons. The molecule has 0 unspecified atom stereocenters. The molecule has 0 radical (unpaired) electrons. The average Bonchev–Trinajstić information content (AvgIpc) is 3.26. The minimum absolute atomic E-state index is 0.0224. The smallest absolute Gasteiger partial charge is 0.336 e. The Bertz CT molecular complexity index is 1440. The van der Waals surface area contributed by atoms with Crippen LogP contribution in [-0.2, 0) is 31.5 Å². The lowest BCUT2D eigenvalue weighted by Crippen LogP contribution is -2.62. The lowest BCUT2D eigenvalue weighted by molar-refractivity contribution is -0.348. The summed E-state index contributed by atoms with van der Waals surface area (Å²) in [5, 5.41) is 0. The number of hydrogen-bond donors (Lipinski definition) is 1. The standard InChI is InChI=1S/C26H24F7IN2O3S/c27-24(25(28,29)30,26(31,32)33)16-3-8-19-15(14-16)2-9-20-23(19,40(38,39)18-6-4-17(34)5-7-18)12-13-36(20)21(37)22(35)10-1-11-22/h3-8,14,20H,1-2,9-13,35H2/t20-,23-/m1/s1. The fraction of sp³-hybridized carbons (Fsp3) is 0.500. The minimum Gasteiger partial charge on any atom is -0.336 e. The molecule has 1 saturated heterocycles. The number of amides is 1. The maximum absolute atomic E-state index is 14.9. The molecule has 40 heavy (non-hydrogen) atoms. The van der Waals surface area contributed by atoms with Crippen LogP contribution in [0.15, 0.2) is 47.4 Å². The molecule has 0 aromatic heterocycles. The van der Waals surface area contributed by atoms with Gasteiger partial charge in [0.2, 0.25) is 5.91 Å². The van der Waals surface area contributed by atoms with E-state index in [1.54, 1.807) is 12.1 Å². The van der Waals surface area contributed by atoms with Crippen LogP contribution in [0.1, 0.15) is 48.8 Å². The van der Waals surface area contributed by atoms with Crippen LogP contribution in [0.4, 0.5) is 30.7 Å². The van der Waals surface area contributed by atoms with Crippen LogP contribution in [0.25, 0.3) is 0 Å². The SMILES string of the molecule is NC1(C(=O)N2CC[C@@]3(S(=O)(=O)c4ccc(I)cc4)c4ccc(C(F)(C(F)(F)F)C(F)(F)F)cc4CC[C@@H]23)CCC1. The second-order valence-corrected chi connectivity index (χ2v) is 14.1. The lowest BCUT2D eigenvalue weighted by atomic mass is 9.74. The lowest BCUT2D eigenvalue weighted by Gasteiger charge is -2.46. The molecule has 1 aliphatic heterocycles. The van der Waals surface area contributed by atoms with E-state index in [1.165, 1.54) is 17.0 Å². The van der Waals surface area contributed by atoms with Crippen molar-refractivity contribution in [2.75, 3.05) is 6.54 Å². The largest absolute Gasteiger partial charge is 0.435 e. The van der Waals surface area contributed by atoms with E-state index in [1.807, 2.05) is 22.6 Å². The summed E-state index contributed by atoms with van der Waals surface area (Å²) in [5.74, 6) is -0.430. The van der Waals surface area contributed by atoms with Gasteiger partial charge in [0.1, 0.15) is 4.75 Å². The normalized spacial score (nSPS) is 24.7. The van der Waals surface area contributed by atoms with Crippen molar-refractivity contribution >= 4 is 38.3 Å². The molecule has 5 nitrogen and oxygen atoms in total. The van der Waals surface area contributed by atoms with E-state index in [9.17, 15) is 43.9 Å². The van der Waals surface area contributed by atoms with Crippen LogP contribution in [-0.4, -0.2) is 49.7 Å². The van der Waals surface area contributed by atoms with Gasteiger partial charge in [0.15, 0.2) is 9.84 Å². The number of rotatable bonds is 4. The molecule has 2 N–H and O–H groups in total. The van der Waals surface area contributed by atoms with Gasteiger partial charge in [-0.2, -0.15) is 26.3 Å². The number of likely N-dealkylation sites (tertiary alicyclic amines) is 1. The maximum atomic E-state index is 14.9. The van der Waals surface area contributed by atoms with E-state index in [2.05, 4.69) is 0 Å². The van der Waals surface area contributed by atoms with Gasteiger partial charge in [-0.25, -0.2) is 12.8 Å². The summed E-state index contributed by atoms with van der Waals surface area (Å²) in [7, 11) is -4.37. The average molecular weight is 704 g/mol. The molecule has 2 aromatic carbocycles. The zero-order chi connectivity index (χ0) is 29.5. The van der Waals surface area contributed by atoms with Crippen molar-refractivity contribution in [1.82, 2.24) is 4.90 Å². The molecule has 2 aromatic rings. The van der Waals surface area contributed by atoms with Gasteiger partial charge in [-0.3, -0.25) is 4.79 Å². The molecule has 1 saturated carbocycles. The van der Waals surface area contributed by atoms with Gasteiger partial charge in [0.25, 0.3) is 0 Å². The molecule has 0 bridgehead atoms. The van der Waals surface area contributed by atoms with E-state index in [4.69, 9.17) is 5.73 Å². The van der Waals surface area contributed by atoms with E-state index >= 15 is 0 Å². The van der Waals surface area contributed by atoms with Crippen LogP contribution in [0.3, 0.4) is 0 Å². The molecule has 2 aliphatic carbocycles. The first-order valence-electron chi connectivity index (χ1n) is 12.5. The monoisotopic (exact) mass is 704 g/mol. The minimum atomic E-state index is -6.31. The summed E-state index contributed by atoms with van der Waals surface area (Å²) in [6.45, 7) is -0.0224. The van der Waals surface area contributed by atoms with E-state index in [-0.39, 0.29) is 41.8 Å². The summed E-state index contributed by atoms with van der Waals surface area (Å²) < 4.78 is 123. The number of aryl methyl sites for hydroxylation is 1. The summed E-state index contributed by atoms with van der Waals surface area (Å²) in [4.78, 5) is 14.8. The molecule has 1 heterocycles. The van der Waals surface area contributed by atoms with Crippen LogP contribution in [0, 0.1) is 3.57 Å². The topological polar surface area (TPSA) is 80.5 Å². The number of nitrogens with two attached hydrogens (primary N) is 1. The predicted octanol–water partition coefficient (Wildman–Crippen LogP) is 5.68. The molecule has 14 heteroatoms. The van der Waals surface area contributed by atoms with Crippen molar-refractivity contribution in [3.8, 4) is 0 Å². The van der Waals surface area contributed by atoms with Gasteiger partial charge < -0.3 is 10.6 Å². The highest BCUT2D eigenvalue weighted by molar-refractivity contribution is 14.1. The van der Waals surface area contributed by atoms with Crippen molar-refractivity contribution in [2.45, 2.75) is 77.8 Å². The Morgan fingerprint density at radius 2 is 1.55 bits per heavy atom.